The lowest BCUT2D eigenvalue weighted by molar-refractivity contribution is -0.139. The summed E-state index contributed by atoms with van der Waals surface area (Å²) >= 11 is 0. The molecule has 1 aromatic carbocycles. The van der Waals surface area contributed by atoms with Gasteiger partial charge in [0.1, 0.15) is 12.4 Å². The Morgan fingerprint density at radius 1 is 1.04 bits per heavy atom. The van der Waals surface area contributed by atoms with Crippen LogP contribution in [0.15, 0.2) is 40.8 Å². The zero-order valence-corrected chi connectivity index (χ0v) is 14.1. The summed E-state index contributed by atoms with van der Waals surface area (Å²) in [5, 5.41) is 0. The van der Waals surface area contributed by atoms with Crippen molar-refractivity contribution in [1.82, 2.24) is 0 Å². The van der Waals surface area contributed by atoms with Crippen LogP contribution in [0.5, 0.6) is 11.5 Å². The lowest BCUT2D eigenvalue weighted by Crippen LogP contribution is -2.01. The molecule has 0 bridgehead atoms. The number of benzene rings is 1. The van der Waals surface area contributed by atoms with Crippen molar-refractivity contribution in [2.45, 2.75) is 6.61 Å². The number of methoxy groups -OCH3 is 3. The van der Waals surface area contributed by atoms with E-state index in [1.807, 2.05) is 0 Å². The Hall–Kier alpha value is -3.22. The van der Waals surface area contributed by atoms with Gasteiger partial charge in [0.05, 0.1) is 21.3 Å². The van der Waals surface area contributed by atoms with Crippen molar-refractivity contribution in [2.75, 3.05) is 21.3 Å². The van der Waals surface area contributed by atoms with Crippen LogP contribution in [0.3, 0.4) is 0 Å². The molecule has 0 atom stereocenters. The molecule has 2 aromatic rings. The minimum atomic E-state index is -0.592. The molecule has 0 spiro atoms. The van der Waals surface area contributed by atoms with E-state index in [1.54, 1.807) is 31.4 Å². The van der Waals surface area contributed by atoms with E-state index in [4.69, 9.17) is 18.6 Å². The van der Waals surface area contributed by atoms with Crippen molar-refractivity contribution >= 4 is 18.0 Å². The molecule has 7 nitrogen and oxygen atoms in total. The summed E-state index contributed by atoms with van der Waals surface area (Å²) in [6.07, 6.45) is 2.87. The third-order valence-corrected chi connectivity index (χ3v) is 3.22. The van der Waals surface area contributed by atoms with Crippen LogP contribution in [0.1, 0.15) is 21.9 Å². The summed E-state index contributed by atoms with van der Waals surface area (Å²) < 4.78 is 25.1. The van der Waals surface area contributed by atoms with Crippen LogP contribution in [0, 0.1) is 0 Å². The number of carbonyl (C=O) groups is 2. The number of ether oxygens (including phenoxy) is 4. The standard InChI is InChI=1S/C18H18O7/c1-21-14-7-4-12(10-16(14)22-2)5-9-17(19)24-11-13-6-8-15(25-13)18(20)23-3/h4-10H,11H2,1-3H3/b9-5+. The number of rotatable bonds is 7. The molecule has 0 amide bonds. The predicted molar refractivity (Wildman–Crippen MR) is 88.4 cm³/mol. The van der Waals surface area contributed by atoms with E-state index in [9.17, 15) is 9.59 Å². The lowest BCUT2D eigenvalue weighted by Gasteiger charge is -2.07. The van der Waals surface area contributed by atoms with Crippen LogP contribution < -0.4 is 9.47 Å². The summed E-state index contributed by atoms with van der Waals surface area (Å²) in [5.41, 5.74) is 0.751. The van der Waals surface area contributed by atoms with Gasteiger partial charge in [0, 0.05) is 6.08 Å². The van der Waals surface area contributed by atoms with Crippen LogP contribution in [-0.2, 0) is 20.9 Å². The number of hydrogen-bond acceptors (Lipinski definition) is 7. The Morgan fingerprint density at radius 3 is 2.48 bits per heavy atom. The van der Waals surface area contributed by atoms with Crippen LogP contribution in [0.2, 0.25) is 0 Å². The van der Waals surface area contributed by atoms with Gasteiger partial charge in [0.25, 0.3) is 0 Å². The van der Waals surface area contributed by atoms with Crippen molar-refractivity contribution in [1.29, 1.82) is 0 Å². The van der Waals surface area contributed by atoms with Gasteiger partial charge in [-0.25, -0.2) is 9.59 Å². The van der Waals surface area contributed by atoms with Gasteiger partial charge in [-0.15, -0.1) is 0 Å². The third kappa shape index (κ3) is 4.87. The maximum absolute atomic E-state index is 11.8. The SMILES string of the molecule is COC(=O)c1ccc(COC(=O)/C=C/c2ccc(OC)c(OC)c2)o1. The molecular weight excluding hydrogens is 328 g/mol. The topological polar surface area (TPSA) is 84.2 Å². The highest BCUT2D eigenvalue weighted by Gasteiger charge is 2.11. The first-order valence-corrected chi connectivity index (χ1v) is 7.31. The average molecular weight is 346 g/mol. The number of esters is 2. The zero-order valence-electron chi connectivity index (χ0n) is 14.1. The second kappa shape index (κ2) is 8.58. The second-order valence-electron chi connectivity index (χ2n) is 4.81. The van der Waals surface area contributed by atoms with Gasteiger partial charge in [0.15, 0.2) is 11.5 Å². The Bertz CT molecular complexity index is 773. The molecule has 0 radical (unpaired) electrons. The number of furan rings is 1. The predicted octanol–water partition coefficient (Wildman–Crippen LogP) is 2.84. The maximum atomic E-state index is 11.8. The molecule has 0 unspecified atom stereocenters. The van der Waals surface area contributed by atoms with Gasteiger partial charge in [-0.1, -0.05) is 6.07 Å². The highest BCUT2D eigenvalue weighted by atomic mass is 16.6. The first kappa shape index (κ1) is 18.1. The second-order valence-corrected chi connectivity index (χ2v) is 4.81. The van der Waals surface area contributed by atoms with E-state index >= 15 is 0 Å². The van der Waals surface area contributed by atoms with E-state index in [1.165, 1.54) is 32.4 Å². The summed E-state index contributed by atoms with van der Waals surface area (Å²) in [4.78, 5) is 23.0. The molecule has 0 aliphatic carbocycles. The van der Waals surface area contributed by atoms with E-state index in [0.29, 0.717) is 17.3 Å². The number of hydrogen-bond donors (Lipinski definition) is 0. The Morgan fingerprint density at radius 2 is 1.80 bits per heavy atom. The van der Waals surface area contributed by atoms with Crippen LogP contribution in [0.25, 0.3) is 6.08 Å². The zero-order chi connectivity index (χ0) is 18.2. The molecule has 0 aliphatic rings. The third-order valence-electron chi connectivity index (χ3n) is 3.22. The Balaban J connectivity index is 1.92. The number of carbonyl (C=O) groups excluding carboxylic acids is 2. The molecule has 0 saturated carbocycles. The molecular formula is C18H18O7. The molecule has 1 heterocycles. The van der Waals surface area contributed by atoms with Gasteiger partial charge in [-0.05, 0) is 35.9 Å². The van der Waals surface area contributed by atoms with Gasteiger partial charge in [0.2, 0.25) is 5.76 Å². The first-order valence-electron chi connectivity index (χ1n) is 7.31. The highest BCUT2D eigenvalue weighted by molar-refractivity contribution is 5.87. The molecule has 7 heteroatoms. The molecule has 132 valence electrons. The molecule has 0 fully saturated rings. The van der Waals surface area contributed by atoms with Crippen LogP contribution in [0.4, 0.5) is 0 Å². The highest BCUT2D eigenvalue weighted by Crippen LogP contribution is 2.27. The minimum Gasteiger partial charge on any atom is -0.493 e. The minimum absolute atomic E-state index is 0.0504. The molecule has 0 aliphatic heterocycles. The van der Waals surface area contributed by atoms with Gasteiger partial charge in [-0.2, -0.15) is 0 Å². The molecule has 1 aromatic heterocycles. The van der Waals surface area contributed by atoms with E-state index in [0.717, 1.165) is 5.56 Å². The average Bonchev–Trinajstić information content (AvgIpc) is 3.12. The van der Waals surface area contributed by atoms with Crippen LogP contribution >= 0.6 is 0 Å². The largest absolute Gasteiger partial charge is 0.493 e. The normalized spacial score (nSPS) is 10.5. The lowest BCUT2D eigenvalue weighted by atomic mass is 10.2. The fourth-order valence-electron chi connectivity index (χ4n) is 1.98. The molecule has 0 N–H and O–H groups in total. The monoisotopic (exact) mass is 346 g/mol. The van der Waals surface area contributed by atoms with E-state index in [-0.39, 0.29) is 12.4 Å². The van der Waals surface area contributed by atoms with Crippen LogP contribution in [-0.4, -0.2) is 33.3 Å². The van der Waals surface area contributed by atoms with Crippen molar-refractivity contribution in [3.8, 4) is 11.5 Å². The summed E-state index contributed by atoms with van der Waals surface area (Å²) in [6, 6.07) is 8.24. The van der Waals surface area contributed by atoms with Crippen molar-refractivity contribution in [2.24, 2.45) is 0 Å². The fourth-order valence-corrected chi connectivity index (χ4v) is 1.98. The van der Waals surface area contributed by atoms with Gasteiger partial charge in [-0.3, -0.25) is 0 Å². The molecule has 0 saturated heterocycles. The van der Waals surface area contributed by atoms with Gasteiger partial charge >= 0.3 is 11.9 Å². The fraction of sp³-hybridized carbons (Fsp3) is 0.222. The van der Waals surface area contributed by atoms with Crippen molar-refractivity contribution < 1.29 is 33.0 Å². The maximum Gasteiger partial charge on any atom is 0.373 e. The van der Waals surface area contributed by atoms with Crippen molar-refractivity contribution in [3.63, 3.8) is 0 Å². The molecule has 25 heavy (non-hydrogen) atoms. The van der Waals surface area contributed by atoms with Gasteiger partial charge < -0.3 is 23.4 Å². The van der Waals surface area contributed by atoms with E-state index in [2.05, 4.69) is 4.74 Å². The molecule has 2 rings (SSSR count). The smallest absolute Gasteiger partial charge is 0.373 e. The van der Waals surface area contributed by atoms with E-state index < -0.39 is 11.9 Å². The van der Waals surface area contributed by atoms with Crippen molar-refractivity contribution in [3.05, 3.63) is 53.5 Å². The Labute approximate surface area is 144 Å². The first-order chi connectivity index (χ1) is 12.1. The summed E-state index contributed by atoms with van der Waals surface area (Å²) in [6.45, 7) is -0.0912. The summed E-state index contributed by atoms with van der Waals surface area (Å²) in [5.74, 6) is 0.407. The quantitative estimate of drug-likeness (QED) is 0.563. The summed E-state index contributed by atoms with van der Waals surface area (Å²) in [7, 11) is 4.33. The Kier molecular flexibility index (Phi) is 6.22.